The minimum absolute atomic E-state index is 0.112. The summed E-state index contributed by atoms with van der Waals surface area (Å²) in [6, 6.07) is 0. The highest BCUT2D eigenvalue weighted by molar-refractivity contribution is 5.20. The van der Waals surface area contributed by atoms with Crippen LogP contribution in [0.5, 0.6) is 0 Å². The molecule has 1 aliphatic carbocycles. The maximum Gasteiger partial charge on any atom is 0.0818 e. The molecule has 0 fully saturated rings. The van der Waals surface area contributed by atoms with Crippen molar-refractivity contribution in [2.24, 2.45) is 11.8 Å². The van der Waals surface area contributed by atoms with Gasteiger partial charge in [-0.1, -0.05) is 57.1 Å². The molecule has 0 saturated carbocycles. The summed E-state index contributed by atoms with van der Waals surface area (Å²) in [5.41, 5.74) is 2.05. The Morgan fingerprint density at radius 2 is 1.83 bits per heavy atom. The Morgan fingerprint density at radius 3 is 2.50 bits per heavy atom. The second-order valence-electron chi connectivity index (χ2n) is 9.65. The molecule has 0 aromatic heterocycles. The van der Waals surface area contributed by atoms with Gasteiger partial charge in [0.15, 0.2) is 0 Å². The van der Waals surface area contributed by atoms with Crippen molar-refractivity contribution in [3.63, 3.8) is 0 Å². The summed E-state index contributed by atoms with van der Waals surface area (Å²) in [4.78, 5) is 0. The van der Waals surface area contributed by atoms with Crippen molar-refractivity contribution < 1.29 is 14.9 Å². The summed E-state index contributed by atoms with van der Waals surface area (Å²) >= 11 is 0. The van der Waals surface area contributed by atoms with Gasteiger partial charge in [0.05, 0.1) is 17.8 Å². The highest BCUT2D eigenvalue weighted by atomic mass is 16.5. The zero-order valence-corrected chi connectivity index (χ0v) is 20.5. The topological polar surface area (TPSA) is 49.7 Å². The molecule has 0 spiro atoms. The van der Waals surface area contributed by atoms with Crippen molar-refractivity contribution >= 4 is 0 Å². The van der Waals surface area contributed by atoms with Crippen LogP contribution in [0.4, 0.5) is 0 Å². The fourth-order valence-electron chi connectivity index (χ4n) is 4.14. The van der Waals surface area contributed by atoms with Gasteiger partial charge in [-0.15, -0.1) is 0 Å². The summed E-state index contributed by atoms with van der Waals surface area (Å²) in [7, 11) is 0. The van der Waals surface area contributed by atoms with Gasteiger partial charge in [-0.2, -0.15) is 0 Å². The van der Waals surface area contributed by atoms with E-state index in [9.17, 15) is 10.2 Å². The molecule has 0 radical (unpaired) electrons. The first-order valence-corrected chi connectivity index (χ1v) is 12.2. The van der Waals surface area contributed by atoms with Crippen molar-refractivity contribution in [3.05, 3.63) is 35.5 Å². The minimum atomic E-state index is -0.568. The average molecular weight is 421 g/mol. The van der Waals surface area contributed by atoms with Crippen LogP contribution < -0.4 is 0 Å². The molecular formula is C27H48O3. The van der Waals surface area contributed by atoms with E-state index in [2.05, 4.69) is 52.8 Å². The third-order valence-electron chi connectivity index (χ3n) is 6.78. The average Bonchev–Trinajstić information content (AvgIpc) is 2.70. The number of allylic oxidation sites excluding steroid dienone is 4. The summed E-state index contributed by atoms with van der Waals surface area (Å²) in [6.45, 7) is 13.5. The normalized spacial score (nSPS) is 27.3. The monoisotopic (exact) mass is 420 g/mol. The maximum absolute atomic E-state index is 10.6. The molecule has 5 atom stereocenters. The van der Waals surface area contributed by atoms with Crippen molar-refractivity contribution in [2.75, 3.05) is 6.61 Å². The molecule has 0 heterocycles. The van der Waals surface area contributed by atoms with E-state index >= 15 is 0 Å². The molecule has 3 nitrogen and oxygen atoms in total. The summed E-state index contributed by atoms with van der Waals surface area (Å²) < 4.78 is 6.20. The molecule has 3 heteroatoms. The number of hydrogen-bond donors (Lipinski definition) is 2. The van der Waals surface area contributed by atoms with Crippen LogP contribution in [0.15, 0.2) is 35.5 Å². The number of hydrogen-bond acceptors (Lipinski definition) is 3. The van der Waals surface area contributed by atoms with Crippen LogP contribution in [0.3, 0.4) is 0 Å². The third kappa shape index (κ3) is 9.94. The molecule has 0 aliphatic heterocycles. The molecule has 0 amide bonds. The predicted octanol–water partition coefficient (Wildman–Crippen LogP) is 6.75. The van der Waals surface area contributed by atoms with Crippen LogP contribution in [-0.2, 0) is 4.74 Å². The molecule has 5 unspecified atom stereocenters. The molecule has 1 rings (SSSR count). The molecule has 30 heavy (non-hydrogen) atoms. The molecule has 0 bridgehead atoms. The Labute approximate surface area is 186 Å². The van der Waals surface area contributed by atoms with Crippen LogP contribution in [0.2, 0.25) is 0 Å². The highest BCUT2D eigenvalue weighted by Crippen LogP contribution is 2.34. The number of aliphatic hydroxyl groups excluding tert-OH is 1. The number of unbranched alkanes of at least 4 members (excludes halogenated alkanes) is 2. The van der Waals surface area contributed by atoms with Gasteiger partial charge >= 0.3 is 0 Å². The van der Waals surface area contributed by atoms with Crippen molar-refractivity contribution in [1.82, 2.24) is 0 Å². The maximum atomic E-state index is 10.6. The lowest BCUT2D eigenvalue weighted by atomic mass is 9.77. The fourth-order valence-corrected chi connectivity index (χ4v) is 4.14. The Balaban J connectivity index is 2.44. The second kappa shape index (κ2) is 14.2. The predicted molar refractivity (Wildman–Crippen MR) is 129 cm³/mol. The van der Waals surface area contributed by atoms with E-state index in [4.69, 9.17) is 4.74 Å². The van der Waals surface area contributed by atoms with E-state index < -0.39 is 5.60 Å². The van der Waals surface area contributed by atoms with Gasteiger partial charge in [0, 0.05) is 6.61 Å². The first-order chi connectivity index (χ1) is 14.2. The number of aliphatic hydroxyl groups is 2. The van der Waals surface area contributed by atoms with Gasteiger partial charge in [-0.05, 0) is 89.5 Å². The van der Waals surface area contributed by atoms with E-state index in [1.54, 1.807) is 0 Å². The largest absolute Gasteiger partial charge is 0.390 e. The van der Waals surface area contributed by atoms with E-state index in [1.807, 2.05) is 13.0 Å². The first-order valence-electron chi connectivity index (χ1n) is 12.2. The Kier molecular flexibility index (Phi) is 12.9. The smallest absolute Gasteiger partial charge is 0.0818 e. The lowest BCUT2D eigenvalue weighted by molar-refractivity contribution is -0.0111. The van der Waals surface area contributed by atoms with Gasteiger partial charge in [0.25, 0.3) is 0 Å². The van der Waals surface area contributed by atoms with Gasteiger partial charge in [0.2, 0.25) is 0 Å². The Bertz CT molecular complexity index is 558. The van der Waals surface area contributed by atoms with Crippen LogP contribution >= 0.6 is 0 Å². The van der Waals surface area contributed by atoms with E-state index in [0.29, 0.717) is 5.92 Å². The molecule has 1 aliphatic rings. The van der Waals surface area contributed by atoms with Crippen molar-refractivity contribution in [2.45, 2.75) is 117 Å². The Morgan fingerprint density at radius 1 is 1.13 bits per heavy atom. The van der Waals surface area contributed by atoms with E-state index in [0.717, 1.165) is 64.4 Å². The second-order valence-corrected chi connectivity index (χ2v) is 9.65. The third-order valence-corrected chi connectivity index (χ3v) is 6.78. The van der Waals surface area contributed by atoms with E-state index in [1.165, 1.54) is 11.1 Å². The van der Waals surface area contributed by atoms with Gasteiger partial charge < -0.3 is 14.9 Å². The van der Waals surface area contributed by atoms with Gasteiger partial charge in [-0.25, -0.2) is 0 Å². The number of ether oxygens (including phenoxy) is 1. The first kappa shape index (κ1) is 27.1. The molecule has 0 aromatic carbocycles. The van der Waals surface area contributed by atoms with Crippen LogP contribution in [0.25, 0.3) is 0 Å². The lowest BCUT2D eigenvalue weighted by Crippen LogP contribution is -2.38. The zero-order valence-electron chi connectivity index (χ0n) is 20.5. The fraction of sp³-hybridized carbons (Fsp3) is 0.778. The minimum Gasteiger partial charge on any atom is -0.390 e. The SMILES string of the molecule is CC=C(C)CCCC(C)(O)CCCC=CCC1=CC(O)C(C)C(C)C1OCCCC. The quantitative estimate of drug-likeness (QED) is 0.241. The Hall–Kier alpha value is -0.900. The zero-order chi connectivity index (χ0) is 22.6. The van der Waals surface area contributed by atoms with Crippen LogP contribution in [0.1, 0.15) is 99.3 Å². The standard InChI is InChI=1S/C27H48O3/c1-7-9-19-30-26-23(5)22(4)25(28)20-24(26)16-12-10-11-13-17-27(6,29)18-14-15-21(3)8-2/h8,10,12,20,22-23,25-26,28-29H,7,9,11,13-19H2,1-6H3. The molecule has 0 aromatic rings. The highest BCUT2D eigenvalue weighted by Gasteiger charge is 2.34. The number of rotatable bonds is 14. The molecule has 174 valence electrons. The molecule has 0 saturated heterocycles. The van der Waals surface area contributed by atoms with Gasteiger partial charge in [0.1, 0.15) is 0 Å². The summed E-state index contributed by atoms with van der Waals surface area (Å²) in [5.74, 6) is 0.551. The van der Waals surface area contributed by atoms with Crippen molar-refractivity contribution in [3.8, 4) is 0 Å². The molecule has 2 N–H and O–H groups in total. The van der Waals surface area contributed by atoms with Gasteiger partial charge in [-0.3, -0.25) is 0 Å². The van der Waals surface area contributed by atoms with Crippen molar-refractivity contribution in [1.29, 1.82) is 0 Å². The summed E-state index contributed by atoms with van der Waals surface area (Å²) in [6.07, 6.45) is 17.2. The van der Waals surface area contributed by atoms with Crippen LogP contribution in [0, 0.1) is 11.8 Å². The van der Waals surface area contributed by atoms with Crippen LogP contribution in [-0.4, -0.2) is 34.6 Å². The molecular weight excluding hydrogens is 372 g/mol. The lowest BCUT2D eigenvalue weighted by Gasteiger charge is -2.37. The van der Waals surface area contributed by atoms with E-state index in [-0.39, 0.29) is 18.1 Å². The summed E-state index contributed by atoms with van der Waals surface area (Å²) in [5, 5.41) is 21.0.